The van der Waals surface area contributed by atoms with Gasteiger partial charge in [0, 0.05) is 52.3 Å². The average Bonchev–Trinajstić information content (AvgIpc) is 3.95. The molecule has 21 heteroatoms. The van der Waals surface area contributed by atoms with Crippen LogP contribution in [0.1, 0.15) is 143 Å². The molecule has 11 N–H and O–H groups in total. The molecule has 0 unspecified atom stereocenters. The van der Waals surface area contributed by atoms with Crippen molar-refractivity contribution in [2.45, 2.75) is 91.1 Å². The lowest BCUT2D eigenvalue weighted by Gasteiger charge is -2.35. The molecule has 4 aromatic heterocycles. The van der Waals surface area contributed by atoms with Crippen LogP contribution in [0, 0.1) is 0 Å². The minimum Gasteiger partial charge on any atom is -0.364 e. The van der Waals surface area contributed by atoms with Crippen LogP contribution in [0.25, 0.3) is 22.5 Å². The smallest absolute Gasteiger partial charge is 0.269 e. The number of primary amides is 2. The summed E-state index contributed by atoms with van der Waals surface area (Å²) in [5.74, 6) is 12.3. The van der Waals surface area contributed by atoms with Crippen LogP contribution in [0.3, 0.4) is 0 Å². The Morgan fingerprint density at radius 3 is 1.53 bits per heavy atom. The number of benzene rings is 2. The molecule has 0 bridgehead atoms. The van der Waals surface area contributed by atoms with Gasteiger partial charge in [0.25, 0.3) is 23.6 Å². The molecule has 20 nitrogen and oxygen atoms in total. The summed E-state index contributed by atoms with van der Waals surface area (Å²) in [5.41, 5.74) is 17.2. The number of nitrogens with zero attached hydrogens (tertiary/aromatic N) is 7. The molecule has 392 valence electrons. The van der Waals surface area contributed by atoms with Gasteiger partial charge < -0.3 is 44.0 Å². The predicted molar refractivity (Wildman–Crippen MR) is 289 cm³/mol. The van der Waals surface area contributed by atoms with E-state index in [1.807, 2.05) is 38.1 Å². The van der Waals surface area contributed by atoms with E-state index >= 15 is 0 Å². The quantitative estimate of drug-likeness (QED) is 0.0332. The lowest BCUT2D eigenvalue weighted by atomic mass is 10.0. The number of likely N-dealkylation sites (tertiary alicyclic amines) is 1. The van der Waals surface area contributed by atoms with Gasteiger partial charge in [-0.25, -0.2) is 29.3 Å². The van der Waals surface area contributed by atoms with Crippen LogP contribution in [-0.4, -0.2) is 82.1 Å². The summed E-state index contributed by atoms with van der Waals surface area (Å²) >= 11 is 4.87. The number of rotatable bonds is 14. The van der Waals surface area contributed by atoms with E-state index in [1.54, 1.807) is 79.7 Å². The van der Waals surface area contributed by atoms with Crippen molar-refractivity contribution in [2.24, 2.45) is 11.5 Å². The van der Waals surface area contributed by atoms with Crippen molar-refractivity contribution in [1.82, 2.24) is 39.5 Å². The molecule has 0 radical (unpaired) electrons. The van der Waals surface area contributed by atoms with E-state index < -0.39 is 23.1 Å². The summed E-state index contributed by atoms with van der Waals surface area (Å²) in [4.78, 5) is 91.9. The topological polar surface area (TPSA) is 307 Å². The van der Waals surface area contributed by atoms with E-state index in [1.165, 1.54) is 9.35 Å². The van der Waals surface area contributed by atoms with Crippen LogP contribution in [0.5, 0.6) is 0 Å². The molecule has 6 aromatic rings. The molecule has 0 spiro atoms. The second-order valence-electron chi connectivity index (χ2n) is 18.0. The largest absolute Gasteiger partial charge is 0.364 e. The van der Waals surface area contributed by atoms with Gasteiger partial charge in [-0.15, -0.1) is 0 Å². The number of aromatic nitrogens is 6. The maximum absolute atomic E-state index is 12.8. The second-order valence-corrected chi connectivity index (χ2v) is 18.4. The summed E-state index contributed by atoms with van der Waals surface area (Å²) in [6.07, 6.45) is 10.5. The van der Waals surface area contributed by atoms with E-state index in [-0.39, 0.29) is 35.2 Å². The Morgan fingerprint density at radius 2 is 1.12 bits per heavy atom. The van der Waals surface area contributed by atoms with E-state index in [2.05, 4.69) is 49.0 Å². The van der Waals surface area contributed by atoms with Crippen molar-refractivity contribution in [3.05, 3.63) is 155 Å². The minimum atomic E-state index is -0.742. The highest BCUT2D eigenvalue weighted by Gasteiger charge is 2.34. The number of nitrogens with one attached hydrogen (secondary N) is 3. The fraction of sp³-hybridized carbons (Fsp3) is 0.296. The number of hydrogen-bond donors (Lipinski definition) is 7. The Labute approximate surface area is 440 Å². The van der Waals surface area contributed by atoms with Gasteiger partial charge in [-0.2, -0.15) is 0 Å². The van der Waals surface area contributed by atoms with Crippen LogP contribution in [0.4, 0.5) is 11.6 Å². The monoisotopic (exact) mass is 1040 g/mol. The molecule has 2 saturated heterocycles. The number of amides is 5. The molecule has 2 aromatic carbocycles. The molecule has 0 saturated carbocycles. The molecule has 2 aliphatic rings. The Hall–Kier alpha value is -8.49. The number of nitrogen functional groups attached to an aromatic ring is 2. The average molecular weight is 1040 g/mol. The molecular weight excluding hydrogens is 976 g/mol. The Bertz CT molecular complexity index is 3090. The maximum Gasteiger partial charge on any atom is 0.269 e. The van der Waals surface area contributed by atoms with Gasteiger partial charge in [0.2, 0.25) is 11.1 Å². The number of anilines is 2. The Morgan fingerprint density at radius 1 is 0.667 bits per heavy atom. The highest BCUT2D eigenvalue weighted by atomic mass is 35.5. The van der Waals surface area contributed by atoms with Crippen LogP contribution in [-0.2, 0) is 22.4 Å². The fourth-order valence-corrected chi connectivity index (χ4v) is 8.48. The first-order valence-corrected chi connectivity index (χ1v) is 24.8. The van der Waals surface area contributed by atoms with Crippen molar-refractivity contribution < 1.29 is 28.8 Å². The van der Waals surface area contributed by atoms with Gasteiger partial charge in [0.1, 0.15) is 28.8 Å². The predicted octanol–water partition coefficient (Wildman–Crippen LogP) is 6.92. The number of pyridine rings is 2. The maximum atomic E-state index is 12.8. The fourth-order valence-electron chi connectivity index (χ4n) is 8.48. The highest BCUT2D eigenvalue weighted by molar-refractivity contribution is 6.67. The van der Waals surface area contributed by atoms with Crippen molar-refractivity contribution >= 4 is 58.0 Å². The number of imidazole rings is 2. The zero-order valence-corrected chi connectivity index (χ0v) is 43.2. The zero-order chi connectivity index (χ0) is 54.5. The number of halogens is 1. The third-order valence-electron chi connectivity index (χ3n) is 12.5. The zero-order valence-electron chi connectivity index (χ0n) is 42.5. The lowest BCUT2D eigenvalue weighted by molar-refractivity contribution is -0.131. The molecule has 5 amide bonds. The number of allylic oxidation sites excluding steroid dienone is 1. The van der Waals surface area contributed by atoms with Gasteiger partial charge in [0.05, 0.1) is 12.1 Å². The van der Waals surface area contributed by atoms with Gasteiger partial charge in [0.15, 0.2) is 17.2 Å². The van der Waals surface area contributed by atoms with Gasteiger partial charge in [-0.05, 0) is 137 Å². The lowest BCUT2D eigenvalue weighted by Crippen LogP contribution is -2.41. The number of hydrogen-bond acceptors (Lipinski definition) is 13. The number of carbonyl (C=O) groups excluding carboxylic acids is 6. The van der Waals surface area contributed by atoms with Crippen molar-refractivity contribution in [1.29, 1.82) is 0 Å². The van der Waals surface area contributed by atoms with E-state index in [9.17, 15) is 28.8 Å². The van der Waals surface area contributed by atoms with Gasteiger partial charge in [-0.1, -0.05) is 57.7 Å². The van der Waals surface area contributed by atoms with E-state index in [0.717, 1.165) is 62.6 Å². The van der Waals surface area contributed by atoms with Crippen LogP contribution < -0.4 is 39.1 Å². The first-order chi connectivity index (χ1) is 35.8. The number of piperidine rings is 2. The second kappa shape index (κ2) is 25.4. The Kier molecular flexibility index (Phi) is 18.9. The summed E-state index contributed by atoms with van der Waals surface area (Å²) < 4.78 is 2.47. The molecule has 6 heterocycles. The van der Waals surface area contributed by atoms with Gasteiger partial charge in [-0.3, -0.25) is 28.8 Å². The summed E-state index contributed by atoms with van der Waals surface area (Å²) in [5, 5.41) is 8.53. The van der Waals surface area contributed by atoms with Crippen LogP contribution in [0.15, 0.2) is 109 Å². The SMILES string of the molecule is C=C(C)C(=O)Cl.C=C(C)C(=O)N1CCCC[C@H]1c1nc(-c2ccc(C(=O)Nc3cc(CC)ccn3)cc2)c(C(N)=O)n1N.CCc1ccnc(NC(=O)c2ccc(-c3nc([C@@H]4CCCCN4)n(N)c3C(N)=O)cc2)c1. The molecule has 2 aliphatic heterocycles. The first-order valence-electron chi connectivity index (χ1n) is 24.5. The van der Waals surface area contributed by atoms with Crippen molar-refractivity contribution in [3.63, 3.8) is 0 Å². The summed E-state index contributed by atoms with van der Waals surface area (Å²) in [6, 6.07) is 20.5. The summed E-state index contributed by atoms with van der Waals surface area (Å²) in [7, 11) is 0. The molecule has 75 heavy (non-hydrogen) atoms. The normalized spacial score (nSPS) is 15.0. The Balaban J connectivity index is 0.000000222. The van der Waals surface area contributed by atoms with Crippen LogP contribution >= 0.6 is 11.6 Å². The third-order valence-corrected chi connectivity index (χ3v) is 12.8. The number of nitrogens with two attached hydrogens (primary N) is 4. The summed E-state index contributed by atoms with van der Waals surface area (Å²) in [6.45, 7) is 15.8. The molecular formula is C54H63ClN14O6. The van der Waals surface area contributed by atoms with Crippen molar-refractivity contribution in [3.8, 4) is 22.5 Å². The van der Waals surface area contributed by atoms with Crippen molar-refractivity contribution in [2.75, 3.05) is 35.4 Å². The standard InChI is InChI=1S/C27H31N7O3.C23H27N7O2.C4H5ClO/c1-4-17-12-13-30-21(15-17)31-26(36)19-10-8-18(9-11-19)22-23(24(28)35)34(29)25(32-22)20-7-5-6-14-33(20)27(37)16(2)3;1-2-14-10-12-27-18(13-14)28-23(32)16-8-6-15(7-9-16)19-20(21(24)31)30(25)22(29-19)17-5-3-4-11-26-17;1-3(2)4(5)6/h8-13,15,20H,2,4-7,14,29H2,1,3H3,(H2,28,35)(H,30,31,36);6-10,12-13,17,26H,2-5,11,25H2,1H3,(H2,24,31)(H,27,28,32);1H2,2H3/t20-;17-;/m00./s1. The first kappa shape index (κ1) is 55.8. The minimum absolute atomic E-state index is 0.0288. The number of aryl methyl sites for hydroxylation is 2. The van der Waals surface area contributed by atoms with Crippen LogP contribution in [0.2, 0.25) is 0 Å². The van der Waals surface area contributed by atoms with E-state index in [0.29, 0.717) is 81.0 Å². The number of carbonyl (C=O) groups is 6. The highest BCUT2D eigenvalue weighted by Crippen LogP contribution is 2.35. The van der Waals surface area contributed by atoms with E-state index in [4.69, 9.17) is 34.8 Å². The van der Waals surface area contributed by atoms with Gasteiger partial charge >= 0.3 is 0 Å². The molecule has 2 fully saturated rings. The molecule has 8 rings (SSSR count). The third kappa shape index (κ3) is 13.8. The molecule has 0 aliphatic carbocycles. The molecule has 2 atom stereocenters.